The Bertz CT molecular complexity index is 1050. The van der Waals surface area contributed by atoms with Crippen LogP contribution in [0.15, 0.2) is 59.7 Å². The Morgan fingerprint density at radius 1 is 1.00 bits per heavy atom. The summed E-state index contributed by atoms with van der Waals surface area (Å²) in [4.78, 5) is 38.0. The minimum atomic E-state index is -1.81. The average Bonchev–Trinajstić information content (AvgIpc) is 2.66. The van der Waals surface area contributed by atoms with Crippen LogP contribution in [0.5, 0.6) is 0 Å². The summed E-state index contributed by atoms with van der Waals surface area (Å²) in [5, 5.41) is 2.02. The molecule has 1 N–H and O–H groups in total. The minimum absolute atomic E-state index is 0.0334. The highest BCUT2D eigenvalue weighted by Crippen LogP contribution is 2.33. The first-order valence-electron chi connectivity index (χ1n) is 7.49. The molecule has 1 aliphatic rings. The molecule has 4 rings (SSSR count). The van der Waals surface area contributed by atoms with Crippen LogP contribution in [-0.4, -0.2) is 32.7 Å². The van der Waals surface area contributed by atoms with Crippen molar-refractivity contribution in [3.63, 3.8) is 0 Å². The molecular weight excluding hydrogens is 340 g/mol. The number of rotatable bonds is 3. The van der Waals surface area contributed by atoms with Crippen molar-refractivity contribution in [2.75, 3.05) is 5.32 Å². The Morgan fingerprint density at radius 2 is 1.72 bits per heavy atom. The van der Waals surface area contributed by atoms with Crippen molar-refractivity contribution in [3.8, 4) is 0 Å². The summed E-state index contributed by atoms with van der Waals surface area (Å²) < 4.78 is 0. The zero-order chi connectivity index (χ0) is 17.4. The van der Waals surface area contributed by atoms with Crippen LogP contribution in [0.4, 0.5) is 11.4 Å². The smallest absolute Gasteiger partial charge is 0.260 e. The van der Waals surface area contributed by atoms with Gasteiger partial charge >= 0.3 is 0 Å². The number of benzene rings is 2. The number of nitrogens with one attached hydrogen (secondary N) is 1. The number of ketones is 1. The number of carbonyl (C=O) groups is 2. The summed E-state index contributed by atoms with van der Waals surface area (Å²) in [6.07, 6.45) is 2.56. The summed E-state index contributed by atoms with van der Waals surface area (Å²) in [7, 11) is 0. The van der Waals surface area contributed by atoms with Gasteiger partial charge in [0.1, 0.15) is 5.69 Å². The van der Waals surface area contributed by atoms with E-state index in [0.717, 1.165) is 0 Å². The fraction of sp³-hybridized carbons (Fsp3) is 0.0556. The van der Waals surface area contributed by atoms with E-state index < -0.39 is 16.6 Å². The first kappa shape index (κ1) is 15.4. The summed E-state index contributed by atoms with van der Waals surface area (Å²) in [5.41, 5.74) is 0.590. The number of halogens is 1. The van der Waals surface area contributed by atoms with Gasteiger partial charge in [-0.05, 0) is 35.9 Å². The number of hydrogen-bond donors (Lipinski definition) is 1. The molecule has 1 aliphatic heterocycles. The number of aliphatic imine (C=N–C) groups is 1. The van der Waals surface area contributed by atoms with Crippen LogP contribution in [0, 0.1) is 0 Å². The molecule has 0 amide bonds. The molecule has 3 aromatic rings. The number of fused-ring (bicyclic) bond motifs is 2. The van der Waals surface area contributed by atoms with Gasteiger partial charge in [0, 0.05) is 6.21 Å². The third-order valence-electron chi connectivity index (χ3n) is 3.98. The molecule has 2 aromatic carbocycles. The Morgan fingerprint density at radius 3 is 2.52 bits per heavy atom. The molecule has 0 saturated heterocycles. The molecule has 0 fully saturated rings. The van der Waals surface area contributed by atoms with Gasteiger partial charge < -0.3 is 5.32 Å². The lowest BCUT2D eigenvalue weighted by Crippen LogP contribution is -2.54. The van der Waals surface area contributed by atoms with Crippen LogP contribution >= 0.6 is 11.6 Å². The lowest BCUT2D eigenvalue weighted by atomic mass is 9.92. The summed E-state index contributed by atoms with van der Waals surface area (Å²) in [5.74, 6) is -0.607. The Labute approximate surface area is 147 Å². The normalized spacial score (nSPS) is 18.4. The van der Waals surface area contributed by atoms with E-state index in [9.17, 15) is 9.59 Å². The Kier molecular flexibility index (Phi) is 3.54. The molecule has 0 spiro atoms. The molecule has 1 atom stereocenters. The van der Waals surface area contributed by atoms with E-state index in [0.29, 0.717) is 22.4 Å². The van der Waals surface area contributed by atoms with E-state index in [1.54, 1.807) is 36.4 Å². The van der Waals surface area contributed by atoms with Gasteiger partial charge in [-0.1, -0.05) is 24.3 Å². The number of anilines is 1. The molecule has 1 unspecified atom stereocenters. The molecule has 0 aliphatic carbocycles. The van der Waals surface area contributed by atoms with Gasteiger partial charge in [-0.3, -0.25) is 19.6 Å². The predicted molar refractivity (Wildman–Crippen MR) is 95.7 cm³/mol. The molecule has 6 nitrogen and oxygen atoms in total. The minimum Gasteiger partial charge on any atom is -0.359 e. The van der Waals surface area contributed by atoms with E-state index >= 15 is 0 Å². The lowest BCUT2D eigenvalue weighted by molar-refractivity contribution is -0.112. The SMILES string of the molecule is O=C(Cl)C1(C(=O)c2cnc3ccccc3n2)C=Nc2ccccc2N1. The van der Waals surface area contributed by atoms with Crippen molar-refractivity contribution in [3.05, 3.63) is 60.4 Å². The fourth-order valence-electron chi connectivity index (χ4n) is 2.68. The van der Waals surface area contributed by atoms with E-state index in [1.807, 2.05) is 12.1 Å². The predicted octanol–water partition coefficient (Wildman–Crippen LogP) is 3.14. The van der Waals surface area contributed by atoms with Gasteiger partial charge in [0.05, 0.1) is 28.6 Å². The average molecular weight is 351 g/mol. The number of aromatic nitrogens is 2. The fourth-order valence-corrected chi connectivity index (χ4v) is 2.86. The topological polar surface area (TPSA) is 84.3 Å². The van der Waals surface area contributed by atoms with Gasteiger partial charge in [-0.15, -0.1) is 0 Å². The molecule has 25 heavy (non-hydrogen) atoms. The van der Waals surface area contributed by atoms with Crippen molar-refractivity contribution in [2.24, 2.45) is 4.99 Å². The van der Waals surface area contributed by atoms with Crippen molar-refractivity contribution in [1.29, 1.82) is 0 Å². The molecule has 0 saturated carbocycles. The zero-order valence-electron chi connectivity index (χ0n) is 12.8. The van der Waals surface area contributed by atoms with Gasteiger partial charge in [0.2, 0.25) is 11.3 Å². The third-order valence-corrected chi connectivity index (χ3v) is 4.28. The van der Waals surface area contributed by atoms with E-state index in [4.69, 9.17) is 11.6 Å². The molecule has 1 aromatic heterocycles. The van der Waals surface area contributed by atoms with E-state index in [2.05, 4.69) is 20.3 Å². The first-order valence-corrected chi connectivity index (χ1v) is 7.87. The van der Waals surface area contributed by atoms with Crippen molar-refractivity contribution in [2.45, 2.75) is 5.54 Å². The van der Waals surface area contributed by atoms with Gasteiger partial charge in [0.15, 0.2) is 0 Å². The molecule has 0 radical (unpaired) electrons. The second-order valence-electron chi connectivity index (χ2n) is 5.56. The van der Waals surface area contributed by atoms with Gasteiger partial charge in [-0.25, -0.2) is 4.98 Å². The summed E-state index contributed by atoms with van der Waals surface area (Å²) >= 11 is 5.78. The number of hydrogen-bond acceptors (Lipinski definition) is 6. The Balaban J connectivity index is 1.81. The number of para-hydroxylation sites is 4. The van der Waals surface area contributed by atoms with Crippen LogP contribution in [0.2, 0.25) is 0 Å². The van der Waals surface area contributed by atoms with Crippen LogP contribution in [-0.2, 0) is 4.79 Å². The number of nitrogens with zero attached hydrogens (tertiary/aromatic N) is 3. The highest BCUT2D eigenvalue weighted by atomic mass is 35.5. The van der Waals surface area contributed by atoms with Crippen LogP contribution in [0.3, 0.4) is 0 Å². The number of carbonyl (C=O) groups excluding carboxylic acids is 2. The second kappa shape index (κ2) is 5.75. The molecule has 122 valence electrons. The van der Waals surface area contributed by atoms with Gasteiger partial charge in [-0.2, -0.15) is 0 Å². The van der Waals surface area contributed by atoms with Crippen LogP contribution in [0.25, 0.3) is 11.0 Å². The molecule has 0 bridgehead atoms. The summed E-state index contributed by atoms with van der Waals surface area (Å²) in [6, 6.07) is 14.2. The van der Waals surface area contributed by atoms with Crippen LogP contribution < -0.4 is 5.32 Å². The largest absolute Gasteiger partial charge is 0.359 e. The molecular formula is C18H11ClN4O2. The summed E-state index contributed by atoms with van der Waals surface area (Å²) in [6.45, 7) is 0. The molecule has 2 heterocycles. The highest BCUT2D eigenvalue weighted by molar-refractivity contribution is 6.71. The highest BCUT2D eigenvalue weighted by Gasteiger charge is 2.47. The van der Waals surface area contributed by atoms with Crippen molar-refractivity contribution >= 4 is 51.2 Å². The second-order valence-corrected chi connectivity index (χ2v) is 5.90. The quantitative estimate of drug-likeness (QED) is 0.445. The molecule has 7 heteroatoms. The maximum absolute atomic E-state index is 13.1. The van der Waals surface area contributed by atoms with Crippen molar-refractivity contribution < 1.29 is 9.59 Å². The third kappa shape index (κ3) is 2.47. The maximum atomic E-state index is 13.1. The van der Waals surface area contributed by atoms with Crippen LogP contribution in [0.1, 0.15) is 10.5 Å². The maximum Gasteiger partial charge on any atom is 0.260 e. The Hall–Kier alpha value is -3.12. The number of Topliss-reactive ketones (excluding diaryl/α,β-unsaturated/α-hetero) is 1. The zero-order valence-corrected chi connectivity index (χ0v) is 13.6. The van der Waals surface area contributed by atoms with Gasteiger partial charge in [0.25, 0.3) is 5.24 Å². The standard InChI is InChI=1S/C18H11ClN4O2/c19-17(25)18(10-21-12-6-2-4-8-14(12)23-18)16(24)15-9-20-11-5-1-3-7-13(11)22-15/h1-10,23H. The van der Waals surface area contributed by atoms with Crippen molar-refractivity contribution in [1.82, 2.24) is 9.97 Å². The monoisotopic (exact) mass is 350 g/mol. The first-order chi connectivity index (χ1) is 12.1. The lowest BCUT2D eigenvalue weighted by Gasteiger charge is -2.30. The van der Waals surface area contributed by atoms with E-state index in [-0.39, 0.29) is 5.69 Å². The van der Waals surface area contributed by atoms with E-state index in [1.165, 1.54) is 12.4 Å².